The van der Waals surface area contributed by atoms with Gasteiger partial charge in [-0.3, -0.25) is 0 Å². The van der Waals surface area contributed by atoms with Crippen molar-refractivity contribution in [2.24, 2.45) is 0 Å². The minimum atomic E-state index is 0.498. The first-order valence-corrected chi connectivity index (χ1v) is 4.23. The van der Waals surface area contributed by atoms with Gasteiger partial charge in [-0.05, 0) is 13.1 Å². The summed E-state index contributed by atoms with van der Waals surface area (Å²) in [5.41, 5.74) is 2.08. The van der Waals surface area contributed by atoms with Gasteiger partial charge in [-0.1, -0.05) is 0 Å². The van der Waals surface area contributed by atoms with E-state index in [4.69, 9.17) is 5.26 Å². The molecule has 0 aliphatic heterocycles. The molecule has 0 amide bonds. The molecule has 0 aliphatic rings. The van der Waals surface area contributed by atoms with Gasteiger partial charge in [-0.15, -0.1) is 0 Å². The van der Waals surface area contributed by atoms with E-state index in [2.05, 4.69) is 21.5 Å². The predicted molar refractivity (Wildman–Crippen MR) is 50.5 cm³/mol. The van der Waals surface area contributed by atoms with Crippen LogP contribution in [0.2, 0.25) is 0 Å². The van der Waals surface area contributed by atoms with Gasteiger partial charge in [0.15, 0.2) is 5.65 Å². The van der Waals surface area contributed by atoms with Gasteiger partial charge in [0.2, 0.25) is 0 Å². The van der Waals surface area contributed by atoms with Crippen LogP contribution in [-0.2, 0) is 6.54 Å². The molecule has 0 atom stereocenters. The third-order valence-corrected chi connectivity index (χ3v) is 1.88. The SMILES string of the molecule is CNCc1cc2nccc(C#N)n2n1. The Hall–Kier alpha value is -1.93. The highest BCUT2D eigenvalue weighted by Gasteiger charge is 2.04. The van der Waals surface area contributed by atoms with Gasteiger partial charge < -0.3 is 5.32 Å². The standard InChI is InChI=1S/C9H9N5/c1-11-6-7-4-9-12-3-2-8(5-10)14(9)13-7/h2-4,11H,6H2,1H3. The molecule has 0 aromatic carbocycles. The number of rotatable bonds is 2. The van der Waals surface area contributed by atoms with Gasteiger partial charge in [0.25, 0.3) is 0 Å². The van der Waals surface area contributed by atoms with Gasteiger partial charge >= 0.3 is 0 Å². The van der Waals surface area contributed by atoms with Crippen molar-refractivity contribution in [3.63, 3.8) is 0 Å². The number of hydrogen-bond donors (Lipinski definition) is 1. The predicted octanol–water partition coefficient (Wildman–Crippen LogP) is 0.320. The van der Waals surface area contributed by atoms with Gasteiger partial charge in [0.1, 0.15) is 11.8 Å². The number of nitrogens with one attached hydrogen (secondary N) is 1. The van der Waals surface area contributed by atoms with Crippen molar-refractivity contribution in [3.05, 3.63) is 29.7 Å². The van der Waals surface area contributed by atoms with E-state index in [1.54, 1.807) is 16.8 Å². The normalized spacial score (nSPS) is 10.3. The number of nitriles is 1. The van der Waals surface area contributed by atoms with Gasteiger partial charge in [0, 0.05) is 18.8 Å². The molecule has 0 spiro atoms. The Morgan fingerprint density at radius 3 is 3.21 bits per heavy atom. The van der Waals surface area contributed by atoms with Crippen LogP contribution in [0, 0.1) is 11.3 Å². The molecular weight excluding hydrogens is 178 g/mol. The van der Waals surface area contributed by atoms with E-state index in [9.17, 15) is 0 Å². The first-order chi connectivity index (χ1) is 6.85. The molecule has 0 saturated heterocycles. The molecule has 2 heterocycles. The fraction of sp³-hybridized carbons (Fsp3) is 0.222. The van der Waals surface area contributed by atoms with Crippen LogP contribution in [-0.4, -0.2) is 21.6 Å². The second-order valence-corrected chi connectivity index (χ2v) is 2.88. The zero-order valence-corrected chi connectivity index (χ0v) is 7.73. The smallest absolute Gasteiger partial charge is 0.156 e. The quantitative estimate of drug-likeness (QED) is 0.735. The summed E-state index contributed by atoms with van der Waals surface area (Å²) in [5.74, 6) is 0. The molecule has 0 fully saturated rings. The third-order valence-electron chi connectivity index (χ3n) is 1.88. The molecule has 70 valence electrons. The minimum Gasteiger partial charge on any atom is -0.314 e. The Kier molecular flexibility index (Phi) is 2.13. The molecule has 0 aliphatic carbocycles. The first-order valence-electron chi connectivity index (χ1n) is 4.23. The van der Waals surface area contributed by atoms with Crippen molar-refractivity contribution in [3.8, 4) is 6.07 Å². The summed E-state index contributed by atoms with van der Waals surface area (Å²) >= 11 is 0. The van der Waals surface area contributed by atoms with Crippen molar-refractivity contribution < 1.29 is 0 Å². The summed E-state index contributed by atoms with van der Waals surface area (Å²) in [7, 11) is 1.85. The Labute approximate surface area is 81.0 Å². The van der Waals surface area contributed by atoms with E-state index < -0.39 is 0 Å². The third kappa shape index (κ3) is 1.32. The number of nitrogens with zero attached hydrogens (tertiary/aromatic N) is 4. The first kappa shape index (κ1) is 8.66. The minimum absolute atomic E-state index is 0.498. The maximum Gasteiger partial charge on any atom is 0.156 e. The molecule has 0 bridgehead atoms. The molecule has 5 nitrogen and oxygen atoms in total. The Morgan fingerprint density at radius 2 is 2.50 bits per heavy atom. The summed E-state index contributed by atoms with van der Waals surface area (Å²) in [6, 6.07) is 5.57. The molecular formula is C9H9N5. The molecule has 5 heteroatoms. The van der Waals surface area contributed by atoms with Crippen molar-refractivity contribution in [1.29, 1.82) is 5.26 Å². The van der Waals surface area contributed by atoms with Crippen LogP contribution in [0.4, 0.5) is 0 Å². The highest BCUT2D eigenvalue weighted by molar-refractivity contribution is 5.42. The van der Waals surface area contributed by atoms with E-state index in [0.29, 0.717) is 17.9 Å². The highest BCUT2D eigenvalue weighted by Crippen LogP contribution is 2.05. The average molecular weight is 187 g/mol. The van der Waals surface area contributed by atoms with E-state index in [1.165, 1.54) is 0 Å². The molecule has 2 aromatic rings. The maximum absolute atomic E-state index is 8.82. The Balaban J connectivity index is 2.60. The fourth-order valence-electron chi connectivity index (χ4n) is 1.29. The van der Waals surface area contributed by atoms with E-state index >= 15 is 0 Å². The molecule has 1 N–H and O–H groups in total. The van der Waals surface area contributed by atoms with Crippen molar-refractivity contribution in [2.45, 2.75) is 6.54 Å². The van der Waals surface area contributed by atoms with Crippen LogP contribution >= 0.6 is 0 Å². The fourth-order valence-corrected chi connectivity index (χ4v) is 1.29. The summed E-state index contributed by atoms with van der Waals surface area (Å²) in [6.07, 6.45) is 1.61. The van der Waals surface area contributed by atoms with Gasteiger partial charge in [-0.25, -0.2) is 9.50 Å². The number of hydrogen-bond acceptors (Lipinski definition) is 4. The molecule has 2 rings (SSSR count). The van der Waals surface area contributed by atoms with E-state index in [1.807, 2.05) is 13.1 Å². The Morgan fingerprint density at radius 1 is 1.64 bits per heavy atom. The molecule has 2 aromatic heterocycles. The van der Waals surface area contributed by atoms with E-state index in [0.717, 1.165) is 5.69 Å². The van der Waals surface area contributed by atoms with Crippen molar-refractivity contribution in [1.82, 2.24) is 19.9 Å². The monoisotopic (exact) mass is 187 g/mol. The average Bonchev–Trinajstić information content (AvgIpc) is 2.60. The molecule has 0 radical (unpaired) electrons. The highest BCUT2D eigenvalue weighted by atomic mass is 15.3. The number of fused-ring (bicyclic) bond motifs is 1. The zero-order chi connectivity index (χ0) is 9.97. The van der Waals surface area contributed by atoms with Crippen LogP contribution in [0.3, 0.4) is 0 Å². The summed E-state index contributed by atoms with van der Waals surface area (Å²) in [6.45, 7) is 0.675. The second-order valence-electron chi connectivity index (χ2n) is 2.88. The van der Waals surface area contributed by atoms with Crippen molar-refractivity contribution in [2.75, 3.05) is 7.05 Å². The second kappa shape index (κ2) is 3.44. The van der Waals surface area contributed by atoms with Gasteiger partial charge in [-0.2, -0.15) is 10.4 Å². The summed E-state index contributed by atoms with van der Waals surface area (Å²) < 4.78 is 1.55. The molecule has 14 heavy (non-hydrogen) atoms. The largest absolute Gasteiger partial charge is 0.314 e. The van der Waals surface area contributed by atoms with Crippen LogP contribution in [0.25, 0.3) is 5.65 Å². The topological polar surface area (TPSA) is 66.0 Å². The molecule has 0 saturated carbocycles. The lowest BCUT2D eigenvalue weighted by molar-refractivity contribution is 0.766. The van der Waals surface area contributed by atoms with E-state index in [-0.39, 0.29) is 0 Å². The maximum atomic E-state index is 8.82. The lowest BCUT2D eigenvalue weighted by Crippen LogP contribution is -2.05. The summed E-state index contributed by atoms with van der Waals surface area (Å²) in [4.78, 5) is 4.11. The van der Waals surface area contributed by atoms with Gasteiger partial charge in [0.05, 0.1) is 5.69 Å². The van der Waals surface area contributed by atoms with Crippen LogP contribution < -0.4 is 5.32 Å². The lowest BCUT2D eigenvalue weighted by Gasteiger charge is -1.93. The lowest BCUT2D eigenvalue weighted by atomic mass is 10.4. The zero-order valence-electron chi connectivity index (χ0n) is 7.73. The summed E-state index contributed by atoms with van der Waals surface area (Å²) in [5, 5.41) is 16.1. The van der Waals surface area contributed by atoms with Crippen LogP contribution in [0.15, 0.2) is 18.3 Å². The molecule has 0 unspecified atom stereocenters. The van der Waals surface area contributed by atoms with Crippen molar-refractivity contribution >= 4 is 5.65 Å². The van der Waals surface area contributed by atoms with Crippen LogP contribution in [0.1, 0.15) is 11.4 Å². The Bertz CT molecular complexity index is 493. The van der Waals surface area contributed by atoms with Crippen LogP contribution in [0.5, 0.6) is 0 Å². The number of aromatic nitrogens is 3.